The van der Waals surface area contributed by atoms with Crippen LogP contribution in [0.25, 0.3) is 0 Å². The highest BCUT2D eigenvalue weighted by molar-refractivity contribution is 7.03. The van der Waals surface area contributed by atoms with Gasteiger partial charge in [-0.1, -0.05) is 6.07 Å². The lowest BCUT2D eigenvalue weighted by Gasteiger charge is -2.13. The van der Waals surface area contributed by atoms with Crippen molar-refractivity contribution < 1.29 is 9.13 Å². The molecule has 2 fully saturated rings. The summed E-state index contributed by atoms with van der Waals surface area (Å²) in [6, 6.07) is 5.68. The first-order chi connectivity index (χ1) is 15.1. The van der Waals surface area contributed by atoms with Crippen molar-refractivity contribution in [3.63, 3.8) is 0 Å². The summed E-state index contributed by atoms with van der Waals surface area (Å²) in [4.78, 5) is 0. The van der Waals surface area contributed by atoms with Gasteiger partial charge in [0.2, 0.25) is 5.88 Å². The first kappa shape index (κ1) is 20.5. The summed E-state index contributed by atoms with van der Waals surface area (Å²) in [5.41, 5.74) is 4.41. The van der Waals surface area contributed by atoms with Crippen molar-refractivity contribution in [1.82, 2.24) is 19.9 Å². The molecule has 8 heteroatoms. The van der Waals surface area contributed by atoms with Crippen molar-refractivity contribution in [3.05, 3.63) is 51.8 Å². The Kier molecular flexibility index (Phi) is 5.67. The van der Waals surface area contributed by atoms with E-state index in [-0.39, 0.29) is 11.9 Å². The SMILES string of the molecule is CNCc1c(C)ccc(Nc2cc(C3CCC(Oc4nscc4C4CC4)C3)[nH]n2)c1F. The van der Waals surface area contributed by atoms with Crippen molar-refractivity contribution >= 4 is 23.0 Å². The van der Waals surface area contributed by atoms with Gasteiger partial charge in [-0.25, -0.2) is 4.39 Å². The number of ether oxygens (including phenoxy) is 1. The number of H-pyrrole nitrogens is 1. The van der Waals surface area contributed by atoms with Crippen LogP contribution in [0.3, 0.4) is 0 Å². The molecule has 164 valence electrons. The number of aromatic amines is 1. The second-order valence-electron chi connectivity index (χ2n) is 8.69. The fraction of sp³-hybridized carbons (Fsp3) is 0.478. The first-order valence-electron chi connectivity index (χ1n) is 11.0. The number of aryl methyl sites for hydroxylation is 1. The van der Waals surface area contributed by atoms with Crippen molar-refractivity contribution in [2.45, 2.75) is 63.5 Å². The van der Waals surface area contributed by atoms with Crippen LogP contribution in [0.15, 0.2) is 23.6 Å². The molecule has 2 saturated carbocycles. The summed E-state index contributed by atoms with van der Waals surface area (Å²) >= 11 is 1.49. The average molecular weight is 442 g/mol. The van der Waals surface area contributed by atoms with Crippen LogP contribution in [0, 0.1) is 12.7 Å². The van der Waals surface area contributed by atoms with E-state index >= 15 is 0 Å². The highest BCUT2D eigenvalue weighted by Crippen LogP contribution is 2.46. The van der Waals surface area contributed by atoms with Crippen LogP contribution in [0.1, 0.15) is 66.3 Å². The molecule has 2 unspecified atom stereocenters. The van der Waals surface area contributed by atoms with Crippen molar-refractivity contribution in [1.29, 1.82) is 0 Å². The molecule has 3 N–H and O–H groups in total. The Morgan fingerprint density at radius 2 is 2.06 bits per heavy atom. The molecule has 1 aromatic carbocycles. The largest absolute Gasteiger partial charge is 0.474 e. The fourth-order valence-corrected chi connectivity index (χ4v) is 5.14. The Balaban J connectivity index is 1.23. The van der Waals surface area contributed by atoms with Gasteiger partial charge in [0.1, 0.15) is 6.10 Å². The van der Waals surface area contributed by atoms with Gasteiger partial charge in [-0.3, -0.25) is 5.10 Å². The average Bonchev–Trinajstić information content (AvgIpc) is 3.15. The molecule has 0 saturated heterocycles. The van der Waals surface area contributed by atoms with Gasteiger partial charge >= 0.3 is 0 Å². The molecular weight excluding hydrogens is 413 g/mol. The number of rotatable bonds is 8. The van der Waals surface area contributed by atoms with Gasteiger partial charge in [-0.2, -0.15) is 9.47 Å². The van der Waals surface area contributed by atoms with E-state index in [4.69, 9.17) is 4.74 Å². The maximum atomic E-state index is 14.9. The Morgan fingerprint density at radius 3 is 2.87 bits per heavy atom. The topological polar surface area (TPSA) is 74.9 Å². The Bertz CT molecular complexity index is 1060. The third-order valence-electron chi connectivity index (χ3n) is 6.37. The number of aromatic nitrogens is 3. The van der Waals surface area contributed by atoms with Gasteiger partial charge in [-0.05, 0) is 75.2 Å². The molecule has 0 bridgehead atoms. The second-order valence-corrected chi connectivity index (χ2v) is 9.31. The lowest BCUT2D eigenvalue weighted by atomic mass is 10.0. The van der Waals surface area contributed by atoms with E-state index in [2.05, 4.69) is 30.6 Å². The predicted molar refractivity (Wildman–Crippen MR) is 121 cm³/mol. The maximum absolute atomic E-state index is 14.9. The molecule has 31 heavy (non-hydrogen) atoms. The number of halogens is 1. The first-order valence-corrected chi connectivity index (χ1v) is 11.8. The Morgan fingerprint density at radius 1 is 1.23 bits per heavy atom. The molecule has 2 aliphatic rings. The third-order valence-corrected chi connectivity index (χ3v) is 7.00. The molecule has 3 aromatic rings. The summed E-state index contributed by atoms with van der Waals surface area (Å²) in [5.74, 6) is 2.26. The maximum Gasteiger partial charge on any atom is 0.228 e. The van der Waals surface area contributed by atoms with Crippen LogP contribution in [0.2, 0.25) is 0 Å². The van der Waals surface area contributed by atoms with Gasteiger partial charge in [0.25, 0.3) is 0 Å². The van der Waals surface area contributed by atoms with E-state index in [9.17, 15) is 4.39 Å². The molecule has 6 nitrogen and oxygen atoms in total. The van der Waals surface area contributed by atoms with E-state index in [0.717, 1.165) is 36.4 Å². The minimum absolute atomic E-state index is 0.183. The highest BCUT2D eigenvalue weighted by atomic mass is 32.1. The Hall–Kier alpha value is -2.45. The molecule has 0 aliphatic heterocycles. The van der Waals surface area contributed by atoms with E-state index < -0.39 is 0 Å². The predicted octanol–water partition coefficient (Wildman–Crippen LogP) is 5.37. The van der Waals surface area contributed by atoms with Gasteiger partial charge < -0.3 is 15.4 Å². The third kappa shape index (κ3) is 4.32. The standard InChI is InChI=1S/C23H28FN5OS/c1-13-3-8-19(22(24)17(13)11-25-2)26-21-10-20(27-28-21)15-6-7-16(9-15)30-23-18(12-31-29-23)14-4-5-14/h3,8,10,12,14-16,25H,4-7,9,11H2,1-2H3,(H2,26,27,28). The number of nitrogens with zero attached hydrogens (tertiary/aromatic N) is 2. The van der Waals surface area contributed by atoms with Crippen molar-refractivity contribution in [2.75, 3.05) is 12.4 Å². The van der Waals surface area contributed by atoms with E-state index in [1.165, 1.54) is 29.9 Å². The molecule has 0 amide bonds. The summed E-state index contributed by atoms with van der Waals surface area (Å²) in [5, 5.41) is 15.8. The molecule has 2 aliphatic carbocycles. The number of hydrogen-bond donors (Lipinski definition) is 3. The normalized spacial score (nSPS) is 20.9. The molecular formula is C23H28FN5OS. The van der Waals surface area contributed by atoms with Crippen LogP contribution in [-0.2, 0) is 6.54 Å². The molecule has 2 heterocycles. The second kappa shape index (κ2) is 8.59. The molecule has 2 atom stereocenters. The zero-order chi connectivity index (χ0) is 21.4. The van der Waals surface area contributed by atoms with Gasteiger partial charge in [0, 0.05) is 40.7 Å². The van der Waals surface area contributed by atoms with Crippen LogP contribution in [0.5, 0.6) is 5.88 Å². The summed E-state index contributed by atoms with van der Waals surface area (Å²) in [7, 11) is 1.82. The van der Waals surface area contributed by atoms with E-state index in [0.29, 0.717) is 35.4 Å². The van der Waals surface area contributed by atoms with Crippen LogP contribution in [-0.4, -0.2) is 27.7 Å². The number of benzene rings is 1. The minimum atomic E-state index is -0.233. The van der Waals surface area contributed by atoms with Crippen molar-refractivity contribution in [3.8, 4) is 5.88 Å². The zero-order valence-corrected chi connectivity index (χ0v) is 18.7. The van der Waals surface area contributed by atoms with Crippen LogP contribution >= 0.6 is 11.5 Å². The smallest absolute Gasteiger partial charge is 0.228 e. The lowest BCUT2D eigenvalue weighted by Crippen LogP contribution is -2.13. The minimum Gasteiger partial charge on any atom is -0.474 e. The molecule has 2 aromatic heterocycles. The fourth-order valence-electron chi connectivity index (χ4n) is 4.43. The zero-order valence-electron chi connectivity index (χ0n) is 17.9. The molecule has 0 radical (unpaired) electrons. The summed E-state index contributed by atoms with van der Waals surface area (Å²) < 4.78 is 25.6. The van der Waals surface area contributed by atoms with Gasteiger partial charge in [0.05, 0.1) is 5.69 Å². The number of hydrogen-bond acceptors (Lipinski definition) is 6. The lowest BCUT2D eigenvalue weighted by molar-refractivity contribution is 0.199. The molecule has 0 spiro atoms. The summed E-state index contributed by atoms with van der Waals surface area (Å²) in [6.07, 6.45) is 5.68. The van der Waals surface area contributed by atoms with Gasteiger partial charge in [-0.15, -0.1) is 0 Å². The summed E-state index contributed by atoms with van der Waals surface area (Å²) in [6.45, 7) is 2.41. The highest BCUT2D eigenvalue weighted by Gasteiger charge is 2.33. The van der Waals surface area contributed by atoms with Gasteiger partial charge in [0.15, 0.2) is 11.6 Å². The van der Waals surface area contributed by atoms with E-state index in [1.807, 2.05) is 26.1 Å². The quantitative estimate of drug-likeness (QED) is 0.438. The van der Waals surface area contributed by atoms with E-state index in [1.54, 1.807) is 6.07 Å². The number of nitrogens with one attached hydrogen (secondary N) is 3. The van der Waals surface area contributed by atoms with Crippen LogP contribution < -0.4 is 15.4 Å². The Labute approximate surface area is 185 Å². The number of anilines is 2. The monoisotopic (exact) mass is 441 g/mol. The van der Waals surface area contributed by atoms with Crippen molar-refractivity contribution in [2.24, 2.45) is 0 Å². The van der Waals surface area contributed by atoms with Crippen LogP contribution in [0.4, 0.5) is 15.9 Å². The molecule has 5 rings (SSSR count).